The second-order valence-corrected chi connectivity index (χ2v) is 8.54. The molecule has 10 heteroatoms. The number of halogens is 1. The summed E-state index contributed by atoms with van der Waals surface area (Å²) in [6.45, 7) is 2.68. The number of carbonyl (C=O) groups excluding carboxylic acids is 1. The molecule has 4 N–H and O–H groups in total. The van der Waals surface area contributed by atoms with Gasteiger partial charge in [-0.1, -0.05) is 26.0 Å². The van der Waals surface area contributed by atoms with E-state index >= 15 is 0 Å². The Kier molecular flexibility index (Phi) is 7.80. The number of hydrogen-bond acceptors (Lipinski definition) is 6. The van der Waals surface area contributed by atoms with Gasteiger partial charge in [0.1, 0.15) is 18.0 Å². The van der Waals surface area contributed by atoms with Gasteiger partial charge in [0, 0.05) is 18.0 Å². The summed E-state index contributed by atoms with van der Waals surface area (Å²) in [6.07, 6.45) is 1.66. The number of pyridine rings is 1. The minimum Gasteiger partial charge on any atom is -0.394 e. The molecule has 3 atom stereocenters. The van der Waals surface area contributed by atoms with Gasteiger partial charge in [-0.25, -0.2) is 12.8 Å². The van der Waals surface area contributed by atoms with Gasteiger partial charge in [0.05, 0.1) is 17.5 Å². The number of nitrogens with zero attached hydrogens (tertiary/aromatic N) is 1. The van der Waals surface area contributed by atoms with Crippen LogP contribution in [-0.4, -0.2) is 48.2 Å². The van der Waals surface area contributed by atoms with E-state index in [4.69, 9.17) is 0 Å². The van der Waals surface area contributed by atoms with Gasteiger partial charge < -0.3 is 15.5 Å². The Morgan fingerprint density at radius 1 is 1.24 bits per heavy atom. The smallest absolute Gasteiger partial charge is 0.241 e. The van der Waals surface area contributed by atoms with Gasteiger partial charge >= 0.3 is 0 Å². The lowest BCUT2D eigenvalue weighted by molar-refractivity contribution is -0.125. The van der Waals surface area contributed by atoms with Crippen LogP contribution in [0.25, 0.3) is 0 Å². The quantitative estimate of drug-likeness (QED) is 0.469. The van der Waals surface area contributed by atoms with Gasteiger partial charge in [-0.15, -0.1) is 0 Å². The second-order valence-electron chi connectivity index (χ2n) is 6.83. The number of sulfonamides is 1. The predicted octanol–water partition coefficient (Wildman–Crippen LogP) is 0.734. The molecule has 1 amide bonds. The van der Waals surface area contributed by atoms with Crippen molar-refractivity contribution in [3.63, 3.8) is 0 Å². The van der Waals surface area contributed by atoms with Gasteiger partial charge in [0.15, 0.2) is 0 Å². The number of amides is 1. The first-order valence-corrected chi connectivity index (χ1v) is 10.4. The Morgan fingerprint density at radius 3 is 2.52 bits per heavy atom. The molecule has 29 heavy (non-hydrogen) atoms. The summed E-state index contributed by atoms with van der Waals surface area (Å²) >= 11 is 0. The molecule has 0 radical (unpaired) electrons. The lowest BCUT2D eigenvalue weighted by Gasteiger charge is -2.27. The molecule has 2 aromatic rings. The molecule has 158 valence electrons. The van der Waals surface area contributed by atoms with Crippen molar-refractivity contribution < 1.29 is 27.8 Å². The minimum absolute atomic E-state index is 0.315. The third-order valence-electron chi connectivity index (χ3n) is 4.27. The number of aliphatic hydroxyl groups excluding tert-OH is 2. The van der Waals surface area contributed by atoms with Crippen LogP contribution in [0.15, 0.2) is 53.7 Å². The van der Waals surface area contributed by atoms with Crippen molar-refractivity contribution in [3.8, 4) is 0 Å². The summed E-state index contributed by atoms with van der Waals surface area (Å²) in [6, 6.07) is 5.31. The highest BCUT2D eigenvalue weighted by molar-refractivity contribution is 7.89. The van der Waals surface area contributed by atoms with E-state index in [0.29, 0.717) is 5.56 Å². The summed E-state index contributed by atoms with van der Waals surface area (Å²) in [5, 5.41) is 22.5. The van der Waals surface area contributed by atoms with E-state index in [1.54, 1.807) is 26.0 Å². The molecule has 0 saturated heterocycles. The van der Waals surface area contributed by atoms with Crippen molar-refractivity contribution in [1.82, 2.24) is 15.0 Å². The first-order chi connectivity index (χ1) is 13.7. The highest BCUT2D eigenvalue weighted by Crippen LogP contribution is 2.17. The number of nitrogens with one attached hydrogen (secondary N) is 2. The minimum atomic E-state index is -4.17. The largest absolute Gasteiger partial charge is 0.394 e. The summed E-state index contributed by atoms with van der Waals surface area (Å²) in [5.74, 6) is -1.92. The van der Waals surface area contributed by atoms with Crippen molar-refractivity contribution >= 4 is 15.9 Å². The normalized spacial score (nSPS) is 15.0. The maximum atomic E-state index is 13.4. The molecule has 1 aromatic carbocycles. The Morgan fingerprint density at radius 2 is 1.97 bits per heavy atom. The number of benzene rings is 1. The fourth-order valence-electron chi connectivity index (χ4n) is 2.64. The highest BCUT2D eigenvalue weighted by atomic mass is 32.2. The zero-order valence-electron chi connectivity index (χ0n) is 16.0. The fourth-order valence-corrected chi connectivity index (χ4v) is 4.02. The molecule has 0 aliphatic carbocycles. The van der Waals surface area contributed by atoms with Crippen LogP contribution in [0.2, 0.25) is 0 Å². The first-order valence-electron chi connectivity index (χ1n) is 8.93. The van der Waals surface area contributed by atoms with Crippen LogP contribution >= 0.6 is 0 Å². The summed E-state index contributed by atoms with van der Waals surface area (Å²) in [5.41, 5.74) is 0.383. The molecule has 1 heterocycles. The molecule has 0 aliphatic heterocycles. The van der Waals surface area contributed by atoms with E-state index < -0.39 is 52.5 Å². The molecule has 0 saturated carbocycles. The molecule has 2 rings (SSSR count). The van der Waals surface area contributed by atoms with E-state index in [1.165, 1.54) is 24.5 Å². The Bertz CT molecular complexity index is 924. The maximum absolute atomic E-state index is 13.4. The molecule has 0 aliphatic rings. The molecule has 0 fully saturated rings. The highest BCUT2D eigenvalue weighted by Gasteiger charge is 2.31. The summed E-state index contributed by atoms with van der Waals surface area (Å²) in [7, 11) is -4.17. The molecule has 1 aromatic heterocycles. The van der Waals surface area contributed by atoms with E-state index in [0.717, 1.165) is 12.1 Å². The van der Waals surface area contributed by atoms with Crippen LogP contribution in [0.4, 0.5) is 4.39 Å². The lowest BCUT2D eigenvalue weighted by atomic mass is 10.0. The van der Waals surface area contributed by atoms with Crippen LogP contribution in [-0.2, 0) is 14.8 Å². The topological polar surface area (TPSA) is 129 Å². The second kappa shape index (κ2) is 9.88. The molecule has 8 nitrogen and oxygen atoms in total. The molecule has 3 unspecified atom stereocenters. The Hall–Kier alpha value is -2.40. The van der Waals surface area contributed by atoms with Crippen molar-refractivity contribution in [1.29, 1.82) is 0 Å². The first kappa shape index (κ1) is 22.9. The Balaban J connectivity index is 2.18. The van der Waals surface area contributed by atoms with E-state index in [1.807, 2.05) is 0 Å². The number of rotatable bonds is 9. The van der Waals surface area contributed by atoms with Crippen LogP contribution in [0.1, 0.15) is 25.5 Å². The van der Waals surface area contributed by atoms with Crippen molar-refractivity contribution in [2.45, 2.75) is 36.9 Å². The van der Waals surface area contributed by atoms with Crippen molar-refractivity contribution in [2.75, 3.05) is 6.61 Å². The predicted molar refractivity (Wildman–Crippen MR) is 104 cm³/mol. The van der Waals surface area contributed by atoms with Crippen molar-refractivity contribution in [3.05, 3.63) is 60.2 Å². The maximum Gasteiger partial charge on any atom is 0.241 e. The third-order valence-corrected chi connectivity index (χ3v) is 5.71. The van der Waals surface area contributed by atoms with Crippen LogP contribution in [0.3, 0.4) is 0 Å². The summed E-state index contributed by atoms with van der Waals surface area (Å²) in [4.78, 5) is 16.3. The van der Waals surface area contributed by atoms with Crippen LogP contribution < -0.4 is 10.0 Å². The molecule has 0 spiro atoms. The number of hydrogen-bond donors (Lipinski definition) is 4. The fraction of sp³-hybridized carbons (Fsp3) is 0.368. The molecule has 0 bridgehead atoms. The number of aromatic nitrogens is 1. The van der Waals surface area contributed by atoms with Gasteiger partial charge in [-0.2, -0.15) is 4.72 Å². The van der Waals surface area contributed by atoms with Gasteiger partial charge in [-0.05, 0) is 30.2 Å². The van der Waals surface area contributed by atoms with Gasteiger partial charge in [0.2, 0.25) is 15.9 Å². The van der Waals surface area contributed by atoms with Crippen molar-refractivity contribution in [2.24, 2.45) is 5.92 Å². The van der Waals surface area contributed by atoms with Crippen LogP contribution in [0.5, 0.6) is 0 Å². The van der Waals surface area contributed by atoms with Crippen LogP contribution in [0, 0.1) is 11.7 Å². The summed E-state index contributed by atoms with van der Waals surface area (Å²) < 4.78 is 40.7. The molecular formula is C19H24FN3O5S. The average molecular weight is 425 g/mol. The van der Waals surface area contributed by atoms with Gasteiger partial charge in [-0.3, -0.25) is 9.78 Å². The van der Waals surface area contributed by atoms with E-state index in [9.17, 15) is 27.8 Å². The zero-order chi connectivity index (χ0) is 21.6. The van der Waals surface area contributed by atoms with E-state index in [-0.39, 0.29) is 4.90 Å². The Labute approximate surface area is 168 Å². The number of aliphatic hydroxyl groups is 2. The zero-order valence-corrected chi connectivity index (χ0v) is 16.8. The average Bonchev–Trinajstić information content (AvgIpc) is 2.70. The standard InChI is InChI=1S/C19H24FN3O5S/c1-12(2)17(23-29(27,28)15-7-3-6-14(20)9-15)19(26)22-16(11-24)18(25)13-5-4-8-21-10-13/h3-10,12,16-18,23-25H,11H2,1-2H3,(H,22,26). The molecular weight excluding hydrogens is 401 g/mol. The monoisotopic (exact) mass is 425 g/mol. The third kappa shape index (κ3) is 6.04. The van der Waals surface area contributed by atoms with E-state index in [2.05, 4.69) is 15.0 Å². The lowest BCUT2D eigenvalue weighted by Crippen LogP contribution is -2.53. The SMILES string of the molecule is CC(C)C(NS(=O)(=O)c1cccc(F)c1)C(=O)NC(CO)C(O)c1cccnc1. The van der Waals surface area contributed by atoms with Gasteiger partial charge in [0.25, 0.3) is 0 Å². The number of carbonyl (C=O) groups is 1.